The highest BCUT2D eigenvalue weighted by molar-refractivity contribution is 9.10. The van der Waals surface area contributed by atoms with E-state index in [0.717, 1.165) is 25.6 Å². The molecule has 5 aromatic rings. The van der Waals surface area contributed by atoms with Crippen molar-refractivity contribution in [1.82, 2.24) is 28.9 Å². The molecular weight excluding hydrogens is 569 g/mol. The number of aromatic nitrogens is 6. The van der Waals surface area contributed by atoms with E-state index in [1.807, 2.05) is 26.2 Å². The van der Waals surface area contributed by atoms with Gasteiger partial charge in [0.2, 0.25) is 5.95 Å². The maximum Gasteiger partial charge on any atom is 0.359 e. The van der Waals surface area contributed by atoms with Gasteiger partial charge in [-0.2, -0.15) is 10.1 Å². The Bertz CT molecular complexity index is 1740. The van der Waals surface area contributed by atoms with Gasteiger partial charge in [-0.05, 0) is 54.4 Å². The van der Waals surface area contributed by atoms with Crippen LogP contribution in [0.1, 0.15) is 11.1 Å². The lowest BCUT2D eigenvalue weighted by Crippen LogP contribution is -2.41. The molecule has 0 aliphatic rings. The molecule has 1 N–H and O–H groups in total. The number of pyridine rings is 1. The van der Waals surface area contributed by atoms with E-state index in [4.69, 9.17) is 23.2 Å². The molecule has 0 radical (unpaired) electrons. The zero-order valence-electron chi connectivity index (χ0n) is 19.0. The fourth-order valence-corrected chi connectivity index (χ4v) is 5.02. The normalized spacial score (nSPS) is 11.2. The summed E-state index contributed by atoms with van der Waals surface area (Å²) in [5, 5.41) is 9.11. The highest BCUT2D eigenvalue weighted by Crippen LogP contribution is 2.29. The zero-order chi connectivity index (χ0) is 25.6. The van der Waals surface area contributed by atoms with E-state index in [2.05, 4.69) is 36.3 Å². The van der Waals surface area contributed by atoms with Crippen LogP contribution in [0.25, 0.3) is 16.6 Å². The highest BCUT2D eigenvalue weighted by atomic mass is 79.9. The monoisotopic (exact) mass is 585 g/mol. The molecule has 0 saturated carbocycles. The van der Waals surface area contributed by atoms with Gasteiger partial charge < -0.3 is 5.32 Å². The second-order valence-corrected chi connectivity index (χ2v) is 10.00. The Morgan fingerprint density at radius 2 is 1.86 bits per heavy atom. The molecule has 0 unspecified atom stereocenters. The van der Waals surface area contributed by atoms with Gasteiger partial charge in [0, 0.05) is 34.3 Å². The molecule has 0 aliphatic heterocycles. The van der Waals surface area contributed by atoms with E-state index in [0.29, 0.717) is 26.9 Å². The van der Waals surface area contributed by atoms with Crippen LogP contribution in [-0.4, -0.2) is 28.9 Å². The second-order valence-electron chi connectivity index (χ2n) is 8.24. The standard InChI is InChI=1S/C24H18BrCl2N7O2/c1-13-3-18(10-28-9-13)34-23(35)30-22(29-21-6-15-12-32(2)31-20(15)8-19(21)27)33(24(34)36)11-14-4-16(25)7-17(26)5-14/h3-10,12H,11H2,1-2H3,(H,29,30,35). The van der Waals surface area contributed by atoms with E-state index in [9.17, 15) is 9.59 Å². The fourth-order valence-electron chi connectivity index (χ4n) is 3.88. The van der Waals surface area contributed by atoms with Gasteiger partial charge in [0.25, 0.3) is 0 Å². The molecule has 0 spiro atoms. The third kappa shape index (κ3) is 4.79. The van der Waals surface area contributed by atoms with Crippen LogP contribution in [0.15, 0.2) is 69.1 Å². The van der Waals surface area contributed by atoms with E-state index in [1.165, 1.54) is 10.8 Å². The van der Waals surface area contributed by atoms with Crippen molar-refractivity contribution in [3.63, 3.8) is 0 Å². The van der Waals surface area contributed by atoms with Gasteiger partial charge in [0.15, 0.2) is 0 Å². The number of aryl methyl sites for hydroxylation is 2. The van der Waals surface area contributed by atoms with E-state index >= 15 is 0 Å². The van der Waals surface area contributed by atoms with Crippen molar-refractivity contribution in [3.8, 4) is 5.69 Å². The molecule has 182 valence electrons. The van der Waals surface area contributed by atoms with Crippen LogP contribution in [0.3, 0.4) is 0 Å². The Labute approximate surface area is 223 Å². The summed E-state index contributed by atoms with van der Waals surface area (Å²) in [5.74, 6) is 0.0306. The third-order valence-corrected chi connectivity index (χ3v) is 6.40. The lowest BCUT2D eigenvalue weighted by atomic mass is 10.2. The van der Waals surface area contributed by atoms with Gasteiger partial charge >= 0.3 is 11.4 Å². The first-order valence-corrected chi connectivity index (χ1v) is 12.2. The number of benzene rings is 2. The zero-order valence-corrected chi connectivity index (χ0v) is 22.1. The number of nitrogens with one attached hydrogen (secondary N) is 1. The molecule has 0 fully saturated rings. The van der Waals surface area contributed by atoms with E-state index < -0.39 is 11.4 Å². The summed E-state index contributed by atoms with van der Waals surface area (Å²) in [6.45, 7) is 1.91. The minimum absolute atomic E-state index is 0.0306. The molecule has 12 heteroatoms. The number of hydrogen-bond acceptors (Lipinski definition) is 6. The minimum atomic E-state index is -0.753. The summed E-state index contributed by atoms with van der Waals surface area (Å²) in [6, 6.07) is 10.5. The summed E-state index contributed by atoms with van der Waals surface area (Å²) in [6.07, 6.45) is 4.91. The predicted octanol–water partition coefficient (Wildman–Crippen LogP) is 4.85. The molecule has 3 heterocycles. The van der Waals surface area contributed by atoms with Crippen molar-refractivity contribution < 1.29 is 0 Å². The molecule has 5 rings (SSSR count). The quantitative estimate of drug-likeness (QED) is 0.316. The lowest BCUT2D eigenvalue weighted by molar-refractivity contribution is 0.657. The summed E-state index contributed by atoms with van der Waals surface area (Å²) in [4.78, 5) is 35.1. The van der Waals surface area contributed by atoms with Crippen LogP contribution in [0, 0.1) is 6.92 Å². The molecule has 0 atom stereocenters. The van der Waals surface area contributed by atoms with Crippen molar-refractivity contribution in [2.45, 2.75) is 13.5 Å². The molecular formula is C24H18BrCl2N7O2. The first kappa shape index (κ1) is 24.2. The number of anilines is 2. The Morgan fingerprint density at radius 3 is 2.61 bits per heavy atom. The summed E-state index contributed by atoms with van der Waals surface area (Å²) >= 11 is 16.2. The van der Waals surface area contributed by atoms with Gasteiger partial charge in [0.1, 0.15) is 0 Å². The van der Waals surface area contributed by atoms with Gasteiger partial charge in [-0.1, -0.05) is 39.1 Å². The Hall–Kier alpha value is -3.47. The van der Waals surface area contributed by atoms with Crippen LogP contribution in [0.4, 0.5) is 11.6 Å². The number of halogens is 3. The average Bonchev–Trinajstić information content (AvgIpc) is 3.14. The van der Waals surface area contributed by atoms with Crippen molar-refractivity contribution in [2.24, 2.45) is 7.05 Å². The highest BCUT2D eigenvalue weighted by Gasteiger charge is 2.18. The van der Waals surface area contributed by atoms with Crippen molar-refractivity contribution in [1.29, 1.82) is 0 Å². The van der Waals surface area contributed by atoms with Crippen LogP contribution in [0.2, 0.25) is 10.0 Å². The second kappa shape index (κ2) is 9.53. The molecule has 9 nitrogen and oxygen atoms in total. The van der Waals surface area contributed by atoms with E-state index in [1.54, 1.807) is 41.2 Å². The smallest absolute Gasteiger partial charge is 0.324 e. The number of rotatable bonds is 5. The molecule has 2 aromatic carbocycles. The topological polar surface area (TPSA) is 99.6 Å². The Kier molecular flexibility index (Phi) is 6.42. The van der Waals surface area contributed by atoms with Gasteiger partial charge in [0.05, 0.1) is 34.7 Å². The number of fused-ring (bicyclic) bond motifs is 1. The van der Waals surface area contributed by atoms with Gasteiger partial charge in [-0.25, -0.2) is 14.2 Å². The minimum Gasteiger partial charge on any atom is -0.324 e. The lowest BCUT2D eigenvalue weighted by Gasteiger charge is -2.16. The molecule has 0 saturated heterocycles. The first-order valence-electron chi connectivity index (χ1n) is 10.7. The van der Waals surface area contributed by atoms with Crippen LogP contribution in [0.5, 0.6) is 0 Å². The first-order chi connectivity index (χ1) is 17.2. The molecule has 0 amide bonds. The van der Waals surface area contributed by atoms with E-state index in [-0.39, 0.29) is 12.5 Å². The fraction of sp³-hybridized carbons (Fsp3) is 0.125. The van der Waals surface area contributed by atoms with Crippen LogP contribution >= 0.6 is 39.1 Å². The average molecular weight is 587 g/mol. The Balaban J connectivity index is 1.69. The van der Waals surface area contributed by atoms with Crippen molar-refractivity contribution in [3.05, 3.63) is 102 Å². The maximum absolute atomic E-state index is 13.7. The SMILES string of the molecule is Cc1cncc(-n2c(=O)nc(Nc3cc4cn(C)nc4cc3Cl)n(Cc3cc(Cl)cc(Br)c3)c2=O)c1. The molecule has 36 heavy (non-hydrogen) atoms. The van der Waals surface area contributed by atoms with Gasteiger partial charge in [-0.3, -0.25) is 14.2 Å². The molecule has 0 bridgehead atoms. The molecule has 3 aromatic heterocycles. The third-order valence-electron chi connectivity index (χ3n) is 5.41. The predicted molar refractivity (Wildman–Crippen MR) is 144 cm³/mol. The van der Waals surface area contributed by atoms with Crippen LogP contribution < -0.4 is 16.7 Å². The molecule has 0 aliphatic carbocycles. The summed E-state index contributed by atoms with van der Waals surface area (Å²) in [7, 11) is 1.81. The summed E-state index contributed by atoms with van der Waals surface area (Å²) in [5.41, 5.74) is 1.67. The number of nitrogens with zero attached hydrogens (tertiary/aromatic N) is 6. The van der Waals surface area contributed by atoms with Crippen molar-refractivity contribution >= 4 is 61.7 Å². The van der Waals surface area contributed by atoms with Crippen LogP contribution in [-0.2, 0) is 13.6 Å². The number of hydrogen-bond donors (Lipinski definition) is 1. The van der Waals surface area contributed by atoms with Gasteiger partial charge in [-0.15, -0.1) is 0 Å². The summed E-state index contributed by atoms with van der Waals surface area (Å²) < 4.78 is 4.76. The Morgan fingerprint density at radius 1 is 1.06 bits per heavy atom. The van der Waals surface area contributed by atoms with Crippen molar-refractivity contribution in [2.75, 3.05) is 5.32 Å². The maximum atomic E-state index is 13.7. The largest absolute Gasteiger partial charge is 0.359 e.